The molecule has 3 rings (SSSR count). The molecule has 0 aromatic heterocycles. The Morgan fingerprint density at radius 1 is 1.19 bits per heavy atom. The molecule has 7 heteroatoms. The van der Waals surface area contributed by atoms with Crippen molar-refractivity contribution in [1.29, 1.82) is 0 Å². The molecule has 3 atom stereocenters. The van der Waals surface area contributed by atoms with Gasteiger partial charge in [-0.3, -0.25) is 9.59 Å². The molecule has 0 aliphatic carbocycles. The lowest BCUT2D eigenvalue weighted by Crippen LogP contribution is -2.44. The minimum Gasteiger partial charge on any atom is -0.491 e. The number of hydrogen-bond acceptors (Lipinski definition) is 5. The number of nitrogens with one attached hydrogen (secondary N) is 2. The van der Waals surface area contributed by atoms with Gasteiger partial charge in [-0.1, -0.05) is 25.1 Å². The Hall–Kier alpha value is -2.90. The summed E-state index contributed by atoms with van der Waals surface area (Å²) in [6.07, 6.45) is -0.0816. The molecule has 0 spiro atoms. The maximum absolute atomic E-state index is 13.1. The van der Waals surface area contributed by atoms with Crippen LogP contribution < -0.4 is 15.4 Å². The highest BCUT2D eigenvalue weighted by Crippen LogP contribution is 2.26. The quantitative estimate of drug-likeness (QED) is 0.790. The van der Waals surface area contributed by atoms with Crippen LogP contribution in [0.5, 0.6) is 5.75 Å². The van der Waals surface area contributed by atoms with Gasteiger partial charge in [-0.25, -0.2) is 0 Å². The third-order valence-corrected chi connectivity index (χ3v) is 5.52. The van der Waals surface area contributed by atoms with E-state index < -0.39 is 0 Å². The van der Waals surface area contributed by atoms with Gasteiger partial charge in [0.05, 0.1) is 11.7 Å². The Balaban J connectivity index is 1.87. The molecule has 2 aromatic carbocycles. The molecule has 0 unspecified atom stereocenters. The molecular formula is C24H31N3O4. The van der Waals surface area contributed by atoms with E-state index >= 15 is 0 Å². The molecule has 0 bridgehead atoms. The number of likely N-dealkylation sites (N-methyl/N-ethyl adjacent to an activating group) is 1. The lowest BCUT2D eigenvalue weighted by molar-refractivity contribution is 0.0281. The monoisotopic (exact) mass is 425 g/mol. The molecule has 2 N–H and O–H groups in total. The maximum Gasteiger partial charge on any atom is 0.257 e. The molecule has 31 heavy (non-hydrogen) atoms. The summed E-state index contributed by atoms with van der Waals surface area (Å²) >= 11 is 0. The van der Waals surface area contributed by atoms with Crippen LogP contribution in [-0.2, 0) is 4.74 Å². The molecule has 0 radical (unpaired) electrons. The summed E-state index contributed by atoms with van der Waals surface area (Å²) in [7, 11) is 3.44. The van der Waals surface area contributed by atoms with E-state index in [9.17, 15) is 9.59 Å². The molecular weight excluding hydrogens is 394 g/mol. The zero-order valence-corrected chi connectivity index (χ0v) is 18.6. The molecule has 2 amide bonds. The van der Waals surface area contributed by atoms with Gasteiger partial charge < -0.3 is 25.0 Å². The fourth-order valence-corrected chi connectivity index (χ4v) is 3.53. The lowest BCUT2D eigenvalue weighted by atomic mass is 10.0. The largest absolute Gasteiger partial charge is 0.491 e. The number of hydrogen-bond donors (Lipinski definition) is 2. The van der Waals surface area contributed by atoms with E-state index in [0.717, 1.165) is 6.54 Å². The predicted molar refractivity (Wildman–Crippen MR) is 121 cm³/mol. The summed E-state index contributed by atoms with van der Waals surface area (Å²) in [6.45, 7) is 5.76. The number of methoxy groups -OCH3 is 1. The van der Waals surface area contributed by atoms with Gasteiger partial charge in [-0.2, -0.15) is 0 Å². The van der Waals surface area contributed by atoms with Gasteiger partial charge in [0.1, 0.15) is 12.4 Å². The maximum atomic E-state index is 13.1. The number of fused-ring (bicyclic) bond motifs is 1. The first-order valence-electron chi connectivity index (χ1n) is 10.5. The van der Waals surface area contributed by atoms with E-state index in [1.54, 1.807) is 49.4 Å². The molecule has 1 heterocycles. The van der Waals surface area contributed by atoms with Crippen molar-refractivity contribution >= 4 is 17.5 Å². The highest BCUT2D eigenvalue weighted by Gasteiger charge is 2.25. The fraction of sp³-hybridized carbons (Fsp3) is 0.417. The summed E-state index contributed by atoms with van der Waals surface area (Å²) in [6, 6.07) is 14.2. The Morgan fingerprint density at radius 2 is 1.94 bits per heavy atom. The standard InChI is InChI=1S/C24H31N3O4/c1-16-13-25-17(2)15-31-21-12-19(26-23(28)18-8-6-5-7-9-18)10-11-20(21)24(29)27(3)14-22(16)30-4/h5-12,16-17,22,25H,13-15H2,1-4H3,(H,26,28)/t16-,17+,22+/m1/s1. The number of ether oxygens (including phenoxy) is 2. The first-order valence-corrected chi connectivity index (χ1v) is 10.5. The summed E-state index contributed by atoms with van der Waals surface area (Å²) < 4.78 is 11.7. The first-order chi connectivity index (χ1) is 14.9. The van der Waals surface area contributed by atoms with E-state index in [2.05, 4.69) is 17.6 Å². The van der Waals surface area contributed by atoms with E-state index in [4.69, 9.17) is 9.47 Å². The second-order valence-corrected chi connectivity index (χ2v) is 8.09. The molecule has 7 nitrogen and oxygen atoms in total. The summed E-state index contributed by atoms with van der Waals surface area (Å²) in [5.41, 5.74) is 1.58. The normalized spacial score (nSPS) is 22.5. The van der Waals surface area contributed by atoms with Crippen LogP contribution in [-0.4, -0.2) is 62.7 Å². The van der Waals surface area contributed by atoms with Crippen molar-refractivity contribution < 1.29 is 19.1 Å². The Morgan fingerprint density at radius 3 is 2.65 bits per heavy atom. The highest BCUT2D eigenvalue weighted by atomic mass is 16.5. The number of rotatable bonds is 3. The van der Waals surface area contributed by atoms with Crippen LogP contribution in [0, 0.1) is 5.92 Å². The van der Waals surface area contributed by atoms with E-state index in [1.807, 2.05) is 25.1 Å². The minimum absolute atomic E-state index is 0.0816. The van der Waals surface area contributed by atoms with Gasteiger partial charge in [-0.05, 0) is 37.1 Å². The lowest BCUT2D eigenvalue weighted by Gasteiger charge is -2.30. The van der Waals surface area contributed by atoms with Gasteiger partial charge in [0.15, 0.2) is 0 Å². The Bertz CT molecular complexity index is 903. The smallest absolute Gasteiger partial charge is 0.257 e. The molecule has 0 saturated heterocycles. The SMILES string of the molecule is CO[C@H]1CN(C)C(=O)c2ccc(NC(=O)c3ccccc3)cc2OC[C@H](C)NC[C@H]1C. The topological polar surface area (TPSA) is 79.9 Å². The predicted octanol–water partition coefficient (Wildman–Crippen LogP) is 3.03. The molecule has 2 aromatic rings. The molecule has 166 valence electrons. The average Bonchev–Trinajstić information content (AvgIpc) is 2.79. The van der Waals surface area contributed by atoms with Crippen molar-refractivity contribution in [2.45, 2.75) is 26.0 Å². The third-order valence-electron chi connectivity index (χ3n) is 5.52. The second-order valence-electron chi connectivity index (χ2n) is 8.09. The average molecular weight is 426 g/mol. The molecule has 1 aliphatic heterocycles. The molecule has 0 saturated carbocycles. The summed E-state index contributed by atoms with van der Waals surface area (Å²) in [4.78, 5) is 27.3. The zero-order valence-electron chi connectivity index (χ0n) is 18.6. The van der Waals surface area contributed by atoms with Crippen LogP contribution in [0.1, 0.15) is 34.6 Å². The third kappa shape index (κ3) is 5.83. The number of benzene rings is 2. The van der Waals surface area contributed by atoms with Crippen LogP contribution in [0.2, 0.25) is 0 Å². The van der Waals surface area contributed by atoms with E-state index in [1.165, 1.54) is 0 Å². The van der Waals surface area contributed by atoms with Crippen LogP contribution in [0.4, 0.5) is 5.69 Å². The molecule has 1 aliphatic rings. The highest BCUT2D eigenvalue weighted by molar-refractivity contribution is 6.05. The number of carbonyl (C=O) groups excluding carboxylic acids is 2. The number of nitrogens with zero attached hydrogens (tertiary/aromatic N) is 1. The van der Waals surface area contributed by atoms with Gasteiger partial charge in [0, 0.05) is 50.6 Å². The van der Waals surface area contributed by atoms with Crippen LogP contribution in [0.15, 0.2) is 48.5 Å². The second kappa shape index (κ2) is 10.4. The van der Waals surface area contributed by atoms with Gasteiger partial charge in [0.25, 0.3) is 11.8 Å². The summed E-state index contributed by atoms with van der Waals surface area (Å²) in [5.74, 6) is 0.312. The van der Waals surface area contributed by atoms with Crippen molar-refractivity contribution in [2.24, 2.45) is 5.92 Å². The summed E-state index contributed by atoms with van der Waals surface area (Å²) in [5, 5.41) is 6.34. The minimum atomic E-state index is -0.218. The van der Waals surface area contributed by atoms with Crippen LogP contribution in [0.3, 0.4) is 0 Å². The van der Waals surface area contributed by atoms with E-state index in [-0.39, 0.29) is 29.9 Å². The van der Waals surface area contributed by atoms with E-state index in [0.29, 0.717) is 35.7 Å². The van der Waals surface area contributed by atoms with Crippen molar-refractivity contribution in [1.82, 2.24) is 10.2 Å². The first kappa shape index (κ1) is 22.8. The van der Waals surface area contributed by atoms with Crippen molar-refractivity contribution in [3.63, 3.8) is 0 Å². The molecule has 0 fully saturated rings. The number of carbonyl (C=O) groups is 2. The fourth-order valence-electron chi connectivity index (χ4n) is 3.53. The Kier molecular flexibility index (Phi) is 7.65. The van der Waals surface area contributed by atoms with Gasteiger partial charge in [-0.15, -0.1) is 0 Å². The van der Waals surface area contributed by atoms with Gasteiger partial charge in [0.2, 0.25) is 0 Å². The zero-order chi connectivity index (χ0) is 22.4. The van der Waals surface area contributed by atoms with Crippen LogP contribution in [0.25, 0.3) is 0 Å². The van der Waals surface area contributed by atoms with Gasteiger partial charge >= 0.3 is 0 Å². The van der Waals surface area contributed by atoms with Crippen LogP contribution >= 0.6 is 0 Å². The number of amides is 2. The van der Waals surface area contributed by atoms with Crippen molar-refractivity contribution in [2.75, 3.05) is 39.2 Å². The van der Waals surface area contributed by atoms with Crippen molar-refractivity contribution in [3.8, 4) is 5.75 Å². The van der Waals surface area contributed by atoms with Crippen molar-refractivity contribution in [3.05, 3.63) is 59.7 Å². The Labute approximate surface area is 183 Å². The number of anilines is 1.